The van der Waals surface area contributed by atoms with E-state index in [4.69, 9.17) is 11.6 Å². The number of aryl methyl sites for hydroxylation is 1. The van der Waals surface area contributed by atoms with Crippen molar-refractivity contribution in [3.63, 3.8) is 0 Å². The van der Waals surface area contributed by atoms with Crippen molar-refractivity contribution in [1.82, 2.24) is 14.4 Å². The number of aromatic nitrogens is 1. The summed E-state index contributed by atoms with van der Waals surface area (Å²) < 4.78 is 1.75. The molecule has 0 bridgehead atoms. The smallest absolute Gasteiger partial charge is 0.259 e. The Balaban J connectivity index is 1.83. The fraction of sp³-hybridized carbons (Fsp3) is 0.320. The first-order valence-corrected chi connectivity index (χ1v) is 11.0. The molecule has 1 aliphatic rings. The molecule has 1 fully saturated rings. The minimum Gasteiger partial charge on any atom is -0.507 e. The van der Waals surface area contributed by atoms with Gasteiger partial charge in [0.2, 0.25) is 0 Å². The summed E-state index contributed by atoms with van der Waals surface area (Å²) in [6.45, 7) is 5.78. The number of benzene rings is 2. The Kier molecular flexibility index (Phi) is 6.46. The van der Waals surface area contributed by atoms with Crippen LogP contribution in [0.4, 0.5) is 0 Å². The van der Waals surface area contributed by atoms with Gasteiger partial charge in [0.15, 0.2) is 0 Å². The number of hydrogen-bond acceptors (Lipinski definition) is 4. The molecule has 31 heavy (non-hydrogen) atoms. The normalized spacial score (nSPS) is 16.4. The summed E-state index contributed by atoms with van der Waals surface area (Å²) in [7, 11) is 2.10. The second-order valence-corrected chi connectivity index (χ2v) is 8.69. The van der Waals surface area contributed by atoms with Gasteiger partial charge in [0.05, 0.1) is 18.2 Å². The van der Waals surface area contributed by atoms with Crippen LogP contribution in [0.3, 0.4) is 0 Å². The zero-order chi connectivity index (χ0) is 22.0. The van der Waals surface area contributed by atoms with Crippen LogP contribution in [0.1, 0.15) is 28.4 Å². The fourth-order valence-electron chi connectivity index (χ4n) is 4.27. The molecular formula is C25H28ClN3O2. The maximum absolute atomic E-state index is 13.7. The van der Waals surface area contributed by atoms with E-state index in [0.29, 0.717) is 17.1 Å². The molecule has 162 valence electrons. The zero-order valence-corrected chi connectivity index (χ0v) is 18.7. The molecule has 1 N–H and O–H groups in total. The van der Waals surface area contributed by atoms with Crippen LogP contribution < -0.4 is 5.56 Å². The third-order valence-electron chi connectivity index (χ3n) is 6.07. The lowest BCUT2D eigenvalue weighted by molar-refractivity contribution is 0.125. The highest BCUT2D eigenvalue weighted by Crippen LogP contribution is 2.33. The van der Waals surface area contributed by atoms with Crippen molar-refractivity contribution in [1.29, 1.82) is 0 Å². The average molecular weight is 438 g/mol. The van der Waals surface area contributed by atoms with Crippen LogP contribution in [-0.2, 0) is 6.54 Å². The minimum absolute atomic E-state index is 0.0469. The molecule has 1 aliphatic heterocycles. The van der Waals surface area contributed by atoms with Crippen molar-refractivity contribution in [2.75, 3.05) is 33.2 Å². The molecule has 0 radical (unpaired) electrons. The Morgan fingerprint density at radius 3 is 2.29 bits per heavy atom. The lowest BCUT2D eigenvalue weighted by Crippen LogP contribution is -2.47. The first-order valence-electron chi connectivity index (χ1n) is 10.6. The van der Waals surface area contributed by atoms with E-state index in [-0.39, 0.29) is 17.4 Å². The van der Waals surface area contributed by atoms with Gasteiger partial charge in [-0.1, -0.05) is 54.1 Å². The van der Waals surface area contributed by atoms with Crippen LogP contribution in [0, 0.1) is 6.92 Å². The highest BCUT2D eigenvalue weighted by Gasteiger charge is 2.30. The Morgan fingerprint density at radius 1 is 1.00 bits per heavy atom. The zero-order valence-electron chi connectivity index (χ0n) is 18.0. The third kappa shape index (κ3) is 4.69. The molecule has 2 aromatic carbocycles. The molecule has 0 aliphatic carbocycles. The van der Waals surface area contributed by atoms with Crippen molar-refractivity contribution in [2.24, 2.45) is 0 Å². The third-order valence-corrected chi connectivity index (χ3v) is 6.32. The summed E-state index contributed by atoms with van der Waals surface area (Å²) in [6, 6.07) is 18.9. The van der Waals surface area contributed by atoms with E-state index in [1.54, 1.807) is 10.6 Å². The number of likely N-dealkylation sites (N-methyl/N-ethyl adjacent to an activating group) is 1. The Labute approximate surface area is 188 Å². The summed E-state index contributed by atoms with van der Waals surface area (Å²) in [5.41, 5.74) is 3.01. The van der Waals surface area contributed by atoms with Crippen molar-refractivity contribution in [3.05, 3.63) is 98.4 Å². The van der Waals surface area contributed by atoms with Gasteiger partial charge in [0, 0.05) is 36.9 Å². The van der Waals surface area contributed by atoms with E-state index in [1.165, 1.54) is 0 Å². The average Bonchev–Trinajstić information content (AvgIpc) is 2.76. The molecule has 4 rings (SSSR count). The van der Waals surface area contributed by atoms with Crippen LogP contribution in [-0.4, -0.2) is 52.7 Å². The van der Waals surface area contributed by atoms with Gasteiger partial charge in [-0.05, 0) is 43.3 Å². The molecule has 1 aromatic heterocycles. The minimum atomic E-state index is -0.332. The van der Waals surface area contributed by atoms with Crippen molar-refractivity contribution < 1.29 is 5.11 Å². The number of aromatic hydroxyl groups is 1. The van der Waals surface area contributed by atoms with Gasteiger partial charge in [0.25, 0.3) is 5.56 Å². The predicted molar refractivity (Wildman–Crippen MR) is 125 cm³/mol. The van der Waals surface area contributed by atoms with Gasteiger partial charge in [-0.2, -0.15) is 0 Å². The molecule has 1 saturated heterocycles. The van der Waals surface area contributed by atoms with Gasteiger partial charge in [-0.15, -0.1) is 0 Å². The van der Waals surface area contributed by atoms with Crippen LogP contribution in [0.25, 0.3) is 0 Å². The topological polar surface area (TPSA) is 48.7 Å². The van der Waals surface area contributed by atoms with E-state index in [1.807, 2.05) is 61.5 Å². The molecule has 5 nitrogen and oxygen atoms in total. The summed E-state index contributed by atoms with van der Waals surface area (Å²) in [5, 5.41) is 11.6. The predicted octanol–water partition coefficient (Wildman–Crippen LogP) is 3.90. The van der Waals surface area contributed by atoms with Crippen LogP contribution >= 0.6 is 11.6 Å². The summed E-state index contributed by atoms with van der Waals surface area (Å²) in [5.74, 6) is 0.0469. The van der Waals surface area contributed by atoms with E-state index >= 15 is 0 Å². The Hall–Kier alpha value is -2.60. The number of hydrogen-bond donors (Lipinski definition) is 1. The number of rotatable bonds is 5. The van der Waals surface area contributed by atoms with E-state index < -0.39 is 0 Å². The van der Waals surface area contributed by atoms with E-state index in [0.717, 1.165) is 43.0 Å². The highest BCUT2D eigenvalue weighted by molar-refractivity contribution is 6.30. The lowest BCUT2D eigenvalue weighted by Gasteiger charge is -2.38. The molecule has 0 spiro atoms. The van der Waals surface area contributed by atoms with Crippen molar-refractivity contribution in [3.8, 4) is 5.75 Å². The molecule has 0 amide bonds. The standard InChI is InChI=1S/C25H28ClN3O2/c1-18-16-22(30)23(25(31)29(18)17-19-6-4-3-5-7-19)24(20-8-10-21(26)11-9-20)28-14-12-27(2)13-15-28/h3-11,16,24,30H,12-15,17H2,1-2H3/t24-/m1/s1. The molecular weight excluding hydrogens is 410 g/mol. The molecule has 6 heteroatoms. The Bertz CT molecular complexity index is 1090. The SMILES string of the molecule is Cc1cc(O)c([C@@H](c2ccc(Cl)cc2)N2CCN(C)CC2)c(=O)n1Cc1ccccc1. The van der Waals surface area contributed by atoms with E-state index in [9.17, 15) is 9.90 Å². The van der Waals surface area contributed by atoms with Gasteiger partial charge in [-0.3, -0.25) is 9.69 Å². The molecule has 2 heterocycles. The van der Waals surface area contributed by atoms with E-state index in [2.05, 4.69) is 16.8 Å². The van der Waals surface area contributed by atoms with Crippen LogP contribution in [0.15, 0.2) is 65.5 Å². The lowest BCUT2D eigenvalue weighted by atomic mass is 9.96. The molecule has 3 aromatic rings. The molecule has 0 unspecified atom stereocenters. The number of halogens is 1. The maximum atomic E-state index is 13.7. The highest BCUT2D eigenvalue weighted by atomic mass is 35.5. The first kappa shape index (κ1) is 21.6. The maximum Gasteiger partial charge on any atom is 0.259 e. The quantitative estimate of drug-likeness (QED) is 0.657. The molecule has 0 saturated carbocycles. The summed E-state index contributed by atoms with van der Waals surface area (Å²) in [6.07, 6.45) is 0. The monoisotopic (exact) mass is 437 g/mol. The molecule has 1 atom stereocenters. The number of nitrogens with zero attached hydrogens (tertiary/aromatic N) is 3. The van der Waals surface area contributed by atoms with Crippen molar-refractivity contribution in [2.45, 2.75) is 19.5 Å². The Morgan fingerprint density at radius 2 is 1.65 bits per heavy atom. The summed E-state index contributed by atoms with van der Waals surface area (Å²) in [4.78, 5) is 18.3. The second kappa shape index (κ2) is 9.27. The summed E-state index contributed by atoms with van der Waals surface area (Å²) >= 11 is 6.13. The van der Waals surface area contributed by atoms with Gasteiger partial charge < -0.3 is 14.6 Å². The van der Waals surface area contributed by atoms with Gasteiger partial charge in [-0.25, -0.2) is 0 Å². The number of pyridine rings is 1. The van der Waals surface area contributed by atoms with Crippen LogP contribution in [0.5, 0.6) is 5.75 Å². The largest absolute Gasteiger partial charge is 0.507 e. The number of piperazine rings is 1. The van der Waals surface area contributed by atoms with Gasteiger partial charge >= 0.3 is 0 Å². The van der Waals surface area contributed by atoms with Crippen LogP contribution in [0.2, 0.25) is 5.02 Å². The van der Waals surface area contributed by atoms with Crippen molar-refractivity contribution >= 4 is 11.6 Å². The van der Waals surface area contributed by atoms with Gasteiger partial charge in [0.1, 0.15) is 5.75 Å². The fourth-order valence-corrected chi connectivity index (χ4v) is 4.40. The first-order chi connectivity index (χ1) is 14.9. The second-order valence-electron chi connectivity index (χ2n) is 8.25.